The molecule has 2 aromatic heterocycles. The number of aromatic nitrogens is 1. The van der Waals surface area contributed by atoms with Crippen LogP contribution in [0.5, 0.6) is 0 Å². The molecule has 1 saturated heterocycles. The molecule has 4 nitrogen and oxygen atoms in total. The molecule has 1 amide bonds. The lowest BCUT2D eigenvalue weighted by Crippen LogP contribution is -2.17. The van der Waals surface area contributed by atoms with Crippen LogP contribution in [0.2, 0.25) is 0 Å². The molecule has 1 N–H and O–H groups in total. The highest BCUT2D eigenvalue weighted by Gasteiger charge is 2.22. The molecule has 0 saturated carbocycles. The van der Waals surface area contributed by atoms with Gasteiger partial charge in [-0.05, 0) is 36.6 Å². The van der Waals surface area contributed by atoms with Gasteiger partial charge in [0.15, 0.2) is 5.58 Å². The summed E-state index contributed by atoms with van der Waals surface area (Å²) in [5.74, 6) is 6.70. The molecule has 1 aliphatic rings. The van der Waals surface area contributed by atoms with Gasteiger partial charge in [0.1, 0.15) is 10.1 Å². The first kappa shape index (κ1) is 19.4. The van der Waals surface area contributed by atoms with Crippen LogP contribution in [0, 0.1) is 11.8 Å². The minimum atomic E-state index is -0.207. The largest absolute Gasteiger partial charge is 0.455 e. The summed E-state index contributed by atoms with van der Waals surface area (Å²) in [5, 5.41) is 3.43. The van der Waals surface area contributed by atoms with E-state index in [2.05, 4.69) is 41.2 Å². The maximum Gasteiger partial charge on any atom is 0.263 e. The number of fused-ring (bicyclic) bond motifs is 1. The number of nitrogens with one attached hydrogen (secondary N) is 1. The van der Waals surface area contributed by atoms with Crippen molar-refractivity contribution in [2.24, 2.45) is 0 Å². The number of furan rings is 1. The van der Waals surface area contributed by atoms with Gasteiger partial charge in [0, 0.05) is 29.4 Å². The average Bonchev–Trinajstić information content (AvgIpc) is 3.27. The van der Waals surface area contributed by atoms with E-state index in [9.17, 15) is 4.79 Å². The standard InChI is InChI=1S/C23H18N2O2S2/c1-2-3-4-15-5-7-16(8-6-15)9-10-17-13-24-14-18-11-19(27-21(17)18)12-20-22(26)25-23(28)29-20/h5-8,11-14H,2-4H2,1H3,(H,25,26,28). The van der Waals surface area contributed by atoms with Crippen LogP contribution >= 0.6 is 24.0 Å². The third kappa shape index (κ3) is 4.58. The van der Waals surface area contributed by atoms with E-state index < -0.39 is 0 Å². The van der Waals surface area contributed by atoms with Crippen molar-refractivity contribution in [2.45, 2.75) is 26.2 Å². The maximum atomic E-state index is 11.8. The first-order valence-electron chi connectivity index (χ1n) is 9.36. The fourth-order valence-electron chi connectivity index (χ4n) is 2.97. The number of nitrogens with zero attached hydrogens (tertiary/aromatic N) is 1. The summed E-state index contributed by atoms with van der Waals surface area (Å²) < 4.78 is 6.39. The number of hydrogen-bond acceptors (Lipinski definition) is 5. The predicted molar refractivity (Wildman–Crippen MR) is 121 cm³/mol. The monoisotopic (exact) mass is 418 g/mol. The van der Waals surface area contributed by atoms with Crippen molar-refractivity contribution in [3.05, 3.63) is 70.1 Å². The highest BCUT2D eigenvalue weighted by Crippen LogP contribution is 2.29. The van der Waals surface area contributed by atoms with Crippen molar-refractivity contribution < 1.29 is 9.21 Å². The first-order chi connectivity index (χ1) is 14.1. The SMILES string of the molecule is CCCCc1ccc(C#Cc2cncc3cc(C=C4SC(=S)NC4=O)oc23)cc1. The van der Waals surface area contributed by atoms with E-state index in [1.165, 1.54) is 30.2 Å². The van der Waals surface area contributed by atoms with Crippen LogP contribution in [0.4, 0.5) is 0 Å². The number of thiocarbonyl (C=S) groups is 1. The number of pyridine rings is 1. The summed E-state index contributed by atoms with van der Waals surface area (Å²) in [6.45, 7) is 2.20. The number of amides is 1. The number of rotatable bonds is 4. The molecule has 6 heteroatoms. The Hall–Kier alpha value is -2.88. The van der Waals surface area contributed by atoms with Gasteiger partial charge in [0.25, 0.3) is 5.91 Å². The number of aryl methyl sites for hydroxylation is 1. The van der Waals surface area contributed by atoms with Crippen molar-refractivity contribution in [1.29, 1.82) is 0 Å². The van der Waals surface area contributed by atoms with Crippen LogP contribution in [0.3, 0.4) is 0 Å². The number of unbranched alkanes of at least 4 members (excludes halogenated alkanes) is 1. The summed E-state index contributed by atoms with van der Waals surface area (Å²) in [4.78, 5) is 16.6. The van der Waals surface area contributed by atoms with Crippen LogP contribution in [0.25, 0.3) is 17.0 Å². The molecule has 0 unspecified atom stereocenters. The van der Waals surface area contributed by atoms with Gasteiger partial charge in [-0.2, -0.15) is 0 Å². The fourth-order valence-corrected chi connectivity index (χ4v) is 3.99. The number of hydrogen-bond donors (Lipinski definition) is 1. The quantitative estimate of drug-likeness (QED) is 0.365. The Labute approximate surface area is 178 Å². The molecule has 144 valence electrons. The van der Waals surface area contributed by atoms with Gasteiger partial charge >= 0.3 is 0 Å². The minimum absolute atomic E-state index is 0.207. The van der Waals surface area contributed by atoms with Crippen molar-refractivity contribution in [2.75, 3.05) is 0 Å². The van der Waals surface area contributed by atoms with Crippen LogP contribution < -0.4 is 5.32 Å². The second-order valence-corrected chi connectivity index (χ2v) is 8.38. The highest BCUT2D eigenvalue weighted by molar-refractivity contribution is 8.26. The number of carbonyl (C=O) groups excluding carboxylic acids is 1. The Balaban J connectivity index is 1.60. The Kier molecular flexibility index (Phi) is 5.79. The summed E-state index contributed by atoms with van der Waals surface area (Å²) in [6, 6.07) is 10.2. The lowest BCUT2D eigenvalue weighted by molar-refractivity contribution is -0.115. The number of thioether (sulfide) groups is 1. The van der Waals surface area contributed by atoms with Crippen molar-refractivity contribution in [3.8, 4) is 11.8 Å². The Morgan fingerprint density at radius 1 is 1.24 bits per heavy atom. The van der Waals surface area contributed by atoms with Gasteiger partial charge in [-0.25, -0.2) is 0 Å². The Morgan fingerprint density at radius 3 is 2.79 bits per heavy atom. The summed E-state index contributed by atoms with van der Waals surface area (Å²) in [7, 11) is 0. The van der Waals surface area contributed by atoms with Gasteiger partial charge < -0.3 is 9.73 Å². The molecule has 0 bridgehead atoms. The van der Waals surface area contributed by atoms with Crippen LogP contribution in [0.15, 0.2) is 52.0 Å². The van der Waals surface area contributed by atoms with E-state index in [1.54, 1.807) is 18.5 Å². The second kappa shape index (κ2) is 8.64. The van der Waals surface area contributed by atoms with Gasteiger partial charge in [-0.3, -0.25) is 9.78 Å². The van der Waals surface area contributed by atoms with Crippen molar-refractivity contribution in [3.63, 3.8) is 0 Å². The Bertz CT molecular complexity index is 1180. The molecule has 3 heterocycles. The molecular weight excluding hydrogens is 400 g/mol. The van der Waals surface area contributed by atoms with Gasteiger partial charge in [0.05, 0.1) is 10.5 Å². The van der Waals surface area contributed by atoms with Crippen molar-refractivity contribution >= 4 is 51.3 Å². The molecule has 0 atom stereocenters. The molecule has 1 fully saturated rings. The number of benzene rings is 1. The van der Waals surface area contributed by atoms with Crippen molar-refractivity contribution in [1.82, 2.24) is 10.3 Å². The van der Waals surface area contributed by atoms with Gasteiger partial charge in [0.2, 0.25) is 0 Å². The average molecular weight is 419 g/mol. The molecule has 4 rings (SSSR count). The molecule has 0 spiro atoms. The maximum absolute atomic E-state index is 11.8. The zero-order chi connectivity index (χ0) is 20.2. The van der Waals surface area contributed by atoms with Crippen LogP contribution in [-0.2, 0) is 11.2 Å². The summed E-state index contributed by atoms with van der Waals surface area (Å²) in [5.41, 5.74) is 3.65. The lowest BCUT2D eigenvalue weighted by Gasteiger charge is -1.99. The van der Waals surface area contributed by atoms with E-state index in [0.29, 0.717) is 26.1 Å². The van der Waals surface area contributed by atoms with Crippen LogP contribution in [-0.4, -0.2) is 15.2 Å². The lowest BCUT2D eigenvalue weighted by atomic mass is 10.1. The van der Waals surface area contributed by atoms with E-state index in [4.69, 9.17) is 16.6 Å². The normalized spacial score (nSPS) is 14.9. The van der Waals surface area contributed by atoms with E-state index in [-0.39, 0.29) is 5.91 Å². The highest BCUT2D eigenvalue weighted by atomic mass is 32.2. The molecule has 0 radical (unpaired) electrons. The molecule has 1 aliphatic heterocycles. The summed E-state index contributed by atoms with van der Waals surface area (Å²) >= 11 is 6.24. The van der Waals surface area contributed by atoms with E-state index in [1.807, 2.05) is 18.2 Å². The molecule has 29 heavy (non-hydrogen) atoms. The van der Waals surface area contributed by atoms with Crippen LogP contribution in [0.1, 0.15) is 42.2 Å². The summed E-state index contributed by atoms with van der Waals surface area (Å²) in [6.07, 6.45) is 8.58. The van der Waals surface area contributed by atoms with E-state index >= 15 is 0 Å². The molecular formula is C23H18N2O2S2. The third-order valence-corrected chi connectivity index (χ3v) is 5.63. The van der Waals surface area contributed by atoms with E-state index in [0.717, 1.165) is 17.4 Å². The minimum Gasteiger partial charge on any atom is -0.455 e. The third-order valence-electron chi connectivity index (χ3n) is 4.47. The topological polar surface area (TPSA) is 55.1 Å². The number of carbonyl (C=O) groups is 1. The zero-order valence-electron chi connectivity index (χ0n) is 15.8. The Morgan fingerprint density at radius 2 is 2.07 bits per heavy atom. The fraction of sp³-hybridized carbons (Fsp3) is 0.174. The smallest absolute Gasteiger partial charge is 0.263 e. The first-order valence-corrected chi connectivity index (χ1v) is 10.6. The molecule has 1 aromatic carbocycles. The molecule has 3 aromatic rings. The van der Waals surface area contributed by atoms with Gasteiger partial charge in [-0.15, -0.1) is 0 Å². The zero-order valence-corrected chi connectivity index (χ0v) is 17.5. The molecule has 0 aliphatic carbocycles. The predicted octanol–water partition coefficient (Wildman–Crippen LogP) is 5.06. The van der Waals surface area contributed by atoms with Gasteiger partial charge in [-0.1, -0.05) is 61.3 Å². The second-order valence-electron chi connectivity index (χ2n) is 6.66.